The fourth-order valence-corrected chi connectivity index (χ4v) is 4.12. The van der Waals surface area contributed by atoms with Crippen LogP contribution in [0.4, 0.5) is 0 Å². The van der Waals surface area contributed by atoms with E-state index in [1.165, 1.54) is 48.3 Å². The van der Waals surface area contributed by atoms with Crippen molar-refractivity contribution in [2.75, 3.05) is 18.1 Å². The van der Waals surface area contributed by atoms with E-state index in [4.69, 9.17) is 0 Å². The molecule has 0 spiro atoms. The van der Waals surface area contributed by atoms with E-state index in [0.717, 1.165) is 12.5 Å². The maximum atomic E-state index is 3.69. The molecule has 1 aliphatic rings. The van der Waals surface area contributed by atoms with Crippen LogP contribution in [0.25, 0.3) is 0 Å². The summed E-state index contributed by atoms with van der Waals surface area (Å²) in [6.45, 7) is 5.46. The van der Waals surface area contributed by atoms with Crippen molar-refractivity contribution in [2.45, 2.75) is 45.6 Å². The first-order valence-electron chi connectivity index (χ1n) is 7.64. The second kappa shape index (κ2) is 7.96. The summed E-state index contributed by atoms with van der Waals surface area (Å²) in [6, 6.07) is 9.69. The predicted molar refractivity (Wildman–Crippen MR) is 87.0 cm³/mol. The summed E-state index contributed by atoms with van der Waals surface area (Å²) in [7, 11) is 0. The Bertz CT molecular complexity index is 354. The molecule has 1 aromatic rings. The van der Waals surface area contributed by atoms with Crippen LogP contribution in [0.2, 0.25) is 0 Å². The summed E-state index contributed by atoms with van der Waals surface area (Å²) in [5.74, 6) is 3.68. The second-order valence-corrected chi connectivity index (χ2v) is 6.96. The van der Waals surface area contributed by atoms with E-state index >= 15 is 0 Å². The summed E-state index contributed by atoms with van der Waals surface area (Å²) in [5.41, 5.74) is 2.83. The summed E-state index contributed by atoms with van der Waals surface area (Å²) >= 11 is 2.12. The molecule has 1 nitrogen and oxygen atoms in total. The van der Waals surface area contributed by atoms with E-state index in [2.05, 4.69) is 55.2 Å². The van der Waals surface area contributed by atoms with E-state index in [1.54, 1.807) is 0 Å². The minimum Gasteiger partial charge on any atom is -0.314 e. The van der Waals surface area contributed by atoms with Gasteiger partial charge in [-0.05, 0) is 62.1 Å². The lowest BCUT2D eigenvalue weighted by Crippen LogP contribution is -2.33. The SMILES string of the molecule is CCNC(Cc1ccc(C)cc1)CC1CCSCC1. The van der Waals surface area contributed by atoms with Gasteiger partial charge in [0, 0.05) is 6.04 Å². The standard InChI is InChI=1S/C17H27NS/c1-3-18-17(13-16-8-10-19-11-9-16)12-15-6-4-14(2)5-7-15/h4-7,16-18H,3,8-13H2,1-2H3. The zero-order chi connectivity index (χ0) is 13.5. The molecule has 2 heteroatoms. The molecule has 0 aromatic heterocycles. The molecule has 0 bridgehead atoms. The molecular formula is C17H27NS. The van der Waals surface area contributed by atoms with E-state index in [1.807, 2.05) is 0 Å². The second-order valence-electron chi connectivity index (χ2n) is 5.74. The molecule has 1 heterocycles. The number of nitrogens with one attached hydrogen (secondary N) is 1. The van der Waals surface area contributed by atoms with Gasteiger partial charge in [0.1, 0.15) is 0 Å². The number of hydrogen-bond donors (Lipinski definition) is 1. The third kappa shape index (κ3) is 5.19. The van der Waals surface area contributed by atoms with Gasteiger partial charge in [-0.25, -0.2) is 0 Å². The highest BCUT2D eigenvalue weighted by Gasteiger charge is 2.18. The smallest absolute Gasteiger partial charge is 0.0110 e. The summed E-state index contributed by atoms with van der Waals surface area (Å²) in [6.07, 6.45) is 5.36. The molecule has 0 radical (unpaired) electrons. The Morgan fingerprint density at radius 3 is 2.53 bits per heavy atom. The van der Waals surface area contributed by atoms with Crippen molar-refractivity contribution in [2.24, 2.45) is 5.92 Å². The van der Waals surface area contributed by atoms with Gasteiger partial charge >= 0.3 is 0 Å². The minimum atomic E-state index is 0.654. The van der Waals surface area contributed by atoms with Gasteiger partial charge in [0.2, 0.25) is 0 Å². The van der Waals surface area contributed by atoms with Crippen molar-refractivity contribution < 1.29 is 0 Å². The highest BCUT2D eigenvalue weighted by molar-refractivity contribution is 7.99. The van der Waals surface area contributed by atoms with Crippen LogP contribution in [-0.2, 0) is 6.42 Å². The Balaban J connectivity index is 1.89. The lowest BCUT2D eigenvalue weighted by Gasteiger charge is -2.27. The number of benzene rings is 1. The fraction of sp³-hybridized carbons (Fsp3) is 0.647. The maximum Gasteiger partial charge on any atom is 0.0110 e. The van der Waals surface area contributed by atoms with E-state index in [0.29, 0.717) is 6.04 Å². The van der Waals surface area contributed by atoms with Crippen LogP contribution in [0.5, 0.6) is 0 Å². The monoisotopic (exact) mass is 277 g/mol. The highest BCUT2D eigenvalue weighted by atomic mass is 32.2. The highest BCUT2D eigenvalue weighted by Crippen LogP contribution is 2.27. The lowest BCUT2D eigenvalue weighted by molar-refractivity contribution is 0.366. The average molecular weight is 277 g/mol. The molecule has 1 atom stereocenters. The first kappa shape index (κ1) is 14.9. The number of likely N-dealkylation sites (N-methyl/N-ethyl adjacent to an activating group) is 1. The summed E-state index contributed by atoms with van der Waals surface area (Å²) in [4.78, 5) is 0. The van der Waals surface area contributed by atoms with Gasteiger partial charge in [-0.1, -0.05) is 36.8 Å². The van der Waals surface area contributed by atoms with Crippen molar-refractivity contribution >= 4 is 11.8 Å². The Hall–Kier alpha value is -0.470. The van der Waals surface area contributed by atoms with Crippen LogP contribution >= 0.6 is 11.8 Å². The van der Waals surface area contributed by atoms with Crippen LogP contribution < -0.4 is 5.32 Å². The Kier molecular flexibility index (Phi) is 6.25. The first-order chi connectivity index (χ1) is 9.28. The Morgan fingerprint density at radius 2 is 1.89 bits per heavy atom. The minimum absolute atomic E-state index is 0.654. The van der Waals surface area contributed by atoms with Gasteiger partial charge in [0.15, 0.2) is 0 Å². The van der Waals surface area contributed by atoms with Gasteiger partial charge < -0.3 is 5.32 Å². The van der Waals surface area contributed by atoms with Crippen molar-refractivity contribution in [3.8, 4) is 0 Å². The topological polar surface area (TPSA) is 12.0 Å². The molecule has 0 saturated carbocycles. The van der Waals surface area contributed by atoms with E-state index < -0.39 is 0 Å². The molecule has 1 aromatic carbocycles. The van der Waals surface area contributed by atoms with Crippen LogP contribution in [0, 0.1) is 12.8 Å². The Morgan fingerprint density at radius 1 is 1.21 bits per heavy atom. The molecule has 1 aliphatic heterocycles. The van der Waals surface area contributed by atoms with E-state index in [9.17, 15) is 0 Å². The molecule has 1 fully saturated rings. The Labute approximate surface area is 122 Å². The normalized spacial score (nSPS) is 18.4. The molecule has 2 rings (SSSR count). The maximum absolute atomic E-state index is 3.69. The van der Waals surface area contributed by atoms with Gasteiger partial charge in [0.05, 0.1) is 0 Å². The summed E-state index contributed by atoms with van der Waals surface area (Å²) < 4.78 is 0. The number of thioether (sulfide) groups is 1. The van der Waals surface area contributed by atoms with Crippen LogP contribution in [-0.4, -0.2) is 24.1 Å². The van der Waals surface area contributed by atoms with E-state index in [-0.39, 0.29) is 0 Å². The third-order valence-electron chi connectivity index (χ3n) is 4.05. The van der Waals surface area contributed by atoms with Crippen molar-refractivity contribution in [1.29, 1.82) is 0 Å². The quantitative estimate of drug-likeness (QED) is 0.842. The number of rotatable bonds is 6. The van der Waals surface area contributed by atoms with Crippen LogP contribution in [0.1, 0.15) is 37.3 Å². The zero-order valence-corrected chi connectivity index (χ0v) is 13.1. The molecule has 106 valence electrons. The molecule has 1 unspecified atom stereocenters. The van der Waals surface area contributed by atoms with Crippen molar-refractivity contribution in [1.82, 2.24) is 5.32 Å². The zero-order valence-electron chi connectivity index (χ0n) is 12.3. The molecule has 1 N–H and O–H groups in total. The average Bonchev–Trinajstić information content (AvgIpc) is 2.43. The fourth-order valence-electron chi connectivity index (χ4n) is 2.92. The molecular weight excluding hydrogens is 250 g/mol. The summed E-state index contributed by atoms with van der Waals surface area (Å²) in [5, 5.41) is 3.69. The third-order valence-corrected chi connectivity index (χ3v) is 5.10. The van der Waals surface area contributed by atoms with Gasteiger partial charge in [-0.2, -0.15) is 11.8 Å². The van der Waals surface area contributed by atoms with Crippen LogP contribution in [0.15, 0.2) is 24.3 Å². The van der Waals surface area contributed by atoms with Crippen molar-refractivity contribution in [3.05, 3.63) is 35.4 Å². The van der Waals surface area contributed by atoms with Crippen molar-refractivity contribution in [3.63, 3.8) is 0 Å². The molecule has 0 amide bonds. The molecule has 1 saturated heterocycles. The predicted octanol–water partition coefficient (Wildman–Crippen LogP) is 4.05. The van der Waals surface area contributed by atoms with Gasteiger partial charge in [0.25, 0.3) is 0 Å². The number of aryl methyl sites for hydroxylation is 1. The largest absolute Gasteiger partial charge is 0.314 e. The van der Waals surface area contributed by atoms with Crippen LogP contribution in [0.3, 0.4) is 0 Å². The van der Waals surface area contributed by atoms with Gasteiger partial charge in [-0.3, -0.25) is 0 Å². The molecule has 19 heavy (non-hydrogen) atoms. The first-order valence-corrected chi connectivity index (χ1v) is 8.80. The molecule has 0 aliphatic carbocycles. The van der Waals surface area contributed by atoms with Gasteiger partial charge in [-0.15, -0.1) is 0 Å². The number of hydrogen-bond acceptors (Lipinski definition) is 2. The lowest BCUT2D eigenvalue weighted by atomic mass is 9.91.